The summed E-state index contributed by atoms with van der Waals surface area (Å²) in [5, 5.41) is 13.8. The second kappa shape index (κ2) is 5.96. The van der Waals surface area contributed by atoms with Crippen LogP contribution < -0.4 is 0 Å². The zero-order valence-electron chi connectivity index (χ0n) is 13.0. The molecule has 0 fully saturated rings. The Labute approximate surface area is 147 Å². The summed E-state index contributed by atoms with van der Waals surface area (Å²) >= 11 is 13.6. The Hall–Kier alpha value is -1.31. The molecule has 0 amide bonds. The number of rotatable bonds is 3. The SMILES string of the molecule is CC(Sc1nnc2c(Cl)cc(Cl)cn12)c1nc(C(C)(C)C)no1. The quantitative estimate of drug-likeness (QED) is 0.628. The van der Waals surface area contributed by atoms with E-state index >= 15 is 0 Å². The van der Waals surface area contributed by atoms with E-state index in [9.17, 15) is 0 Å². The van der Waals surface area contributed by atoms with Crippen molar-refractivity contribution in [1.29, 1.82) is 0 Å². The van der Waals surface area contributed by atoms with Gasteiger partial charge in [-0.15, -0.1) is 10.2 Å². The zero-order valence-corrected chi connectivity index (χ0v) is 15.4. The standard InChI is InChI=1S/C14H15Cl2N5OS/c1-7(11-17-12(20-22-11)14(2,3)4)23-13-19-18-10-9(16)5-8(15)6-21(10)13/h5-7H,1-4H3. The lowest BCUT2D eigenvalue weighted by molar-refractivity contribution is 0.364. The number of nitrogens with zero attached hydrogens (tertiary/aromatic N) is 5. The van der Waals surface area contributed by atoms with E-state index in [1.165, 1.54) is 11.8 Å². The van der Waals surface area contributed by atoms with Crippen molar-refractivity contribution in [2.45, 2.75) is 43.5 Å². The highest BCUT2D eigenvalue weighted by molar-refractivity contribution is 7.99. The van der Waals surface area contributed by atoms with E-state index in [4.69, 9.17) is 27.7 Å². The monoisotopic (exact) mass is 371 g/mol. The van der Waals surface area contributed by atoms with Gasteiger partial charge in [0.05, 0.1) is 15.3 Å². The van der Waals surface area contributed by atoms with E-state index in [-0.39, 0.29) is 10.7 Å². The van der Waals surface area contributed by atoms with E-state index in [1.807, 2.05) is 27.7 Å². The third kappa shape index (κ3) is 3.32. The van der Waals surface area contributed by atoms with Crippen LogP contribution >= 0.6 is 35.0 Å². The molecule has 0 N–H and O–H groups in total. The molecule has 122 valence electrons. The van der Waals surface area contributed by atoms with E-state index < -0.39 is 0 Å². The number of pyridine rings is 1. The normalized spacial score (nSPS) is 13.7. The molecule has 3 heterocycles. The molecule has 1 unspecified atom stereocenters. The van der Waals surface area contributed by atoms with Crippen molar-refractivity contribution in [2.24, 2.45) is 0 Å². The lowest BCUT2D eigenvalue weighted by atomic mass is 9.96. The summed E-state index contributed by atoms with van der Waals surface area (Å²) in [6.07, 6.45) is 1.73. The molecule has 3 aromatic heterocycles. The predicted octanol–water partition coefficient (Wildman–Crippen LogP) is 4.57. The third-order valence-electron chi connectivity index (χ3n) is 3.14. The molecule has 3 rings (SSSR count). The Bertz CT molecular complexity index is 855. The van der Waals surface area contributed by atoms with Crippen LogP contribution in [0, 0.1) is 0 Å². The van der Waals surface area contributed by atoms with Crippen molar-refractivity contribution in [3.8, 4) is 0 Å². The van der Waals surface area contributed by atoms with Crippen molar-refractivity contribution in [3.63, 3.8) is 0 Å². The number of fused-ring (bicyclic) bond motifs is 1. The maximum Gasteiger partial charge on any atom is 0.239 e. The van der Waals surface area contributed by atoms with Gasteiger partial charge in [0.1, 0.15) is 0 Å². The van der Waals surface area contributed by atoms with E-state index in [0.717, 1.165) is 0 Å². The number of aromatic nitrogens is 5. The first-order valence-electron chi connectivity index (χ1n) is 6.96. The Morgan fingerprint density at radius 2 is 2.00 bits per heavy atom. The zero-order chi connectivity index (χ0) is 16.8. The van der Waals surface area contributed by atoms with Gasteiger partial charge >= 0.3 is 0 Å². The molecule has 9 heteroatoms. The molecule has 0 spiro atoms. The fraction of sp³-hybridized carbons (Fsp3) is 0.429. The van der Waals surface area contributed by atoms with Gasteiger partial charge in [0.2, 0.25) is 5.89 Å². The van der Waals surface area contributed by atoms with Gasteiger partial charge in [0, 0.05) is 11.6 Å². The Kier molecular flexibility index (Phi) is 4.29. The largest absolute Gasteiger partial charge is 0.338 e. The molecule has 0 aliphatic rings. The highest BCUT2D eigenvalue weighted by Crippen LogP contribution is 2.35. The van der Waals surface area contributed by atoms with Gasteiger partial charge < -0.3 is 4.52 Å². The Balaban J connectivity index is 1.88. The van der Waals surface area contributed by atoms with Crippen LogP contribution in [-0.2, 0) is 5.41 Å². The topological polar surface area (TPSA) is 69.1 Å². The molecule has 0 aliphatic carbocycles. The molecule has 0 saturated heterocycles. The van der Waals surface area contributed by atoms with Gasteiger partial charge in [-0.1, -0.05) is 60.9 Å². The molecule has 6 nitrogen and oxygen atoms in total. The predicted molar refractivity (Wildman–Crippen MR) is 90.3 cm³/mol. The lowest BCUT2D eigenvalue weighted by Crippen LogP contribution is -2.13. The minimum Gasteiger partial charge on any atom is -0.338 e. The maximum atomic E-state index is 6.12. The van der Waals surface area contributed by atoms with Crippen LogP contribution in [0.5, 0.6) is 0 Å². The molecule has 0 aromatic carbocycles. The Morgan fingerprint density at radius 3 is 2.65 bits per heavy atom. The van der Waals surface area contributed by atoms with Crippen molar-refractivity contribution in [3.05, 3.63) is 34.0 Å². The summed E-state index contributed by atoms with van der Waals surface area (Å²) in [6, 6.07) is 1.64. The van der Waals surface area contributed by atoms with E-state index in [0.29, 0.717) is 32.6 Å². The van der Waals surface area contributed by atoms with Gasteiger partial charge in [0.25, 0.3) is 0 Å². The molecule has 3 aromatic rings. The first kappa shape index (κ1) is 16.5. The van der Waals surface area contributed by atoms with Crippen LogP contribution in [0.3, 0.4) is 0 Å². The first-order chi connectivity index (χ1) is 10.8. The van der Waals surface area contributed by atoms with Crippen molar-refractivity contribution in [1.82, 2.24) is 24.7 Å². The van der Waals surface area contributed by atoms with Gasteiger partial charge in [-0.3, -0.25) is 4.40 Å². The van der Waals surface area contributed by atoms with Gasteiger partial charge in [0.15, 0.2) is 16.6 Å². The molecule has 0 aliphatic heterocycles. The van der Waals surface area contributed by atoms with Gasteiger partial charge in [-0.25, -0.2) is 0 Å². The summed E-state index contributed by atoms with van der Waals surface area (Å²) in [5.74, 6) is 1.22. The highest BCUT2D eigenvalue weighted by Gasteiger charge is 2.24. The Morgan fingerprint density at radius 1 is 1.26 bits per heavy atom. The van der Waals surface area contributed by atoms with E-state index in [1.54, 1.807) is 16.7 Å². The summed E-state index contributed by atoms with van der Waals surface area (Å²) < 4.78 is 7.13. The first-order valence-corrected chi connectivity index (χ1v) is 8.60. The van der Waals surface area contributed by atoms with Gasteiger partial charge in [-0.2, -0.15) is 4.98 Å². The molecule has 1 atom stereocenters. The maximum absolute atomic E-state index is 6.12. The smallest absolute Gasteiger partial charge is 0.239 e. The number of thioether (sulfide) groups is 1. The highest BCUT2D eigenvalue weighted by atomic mass is 35.5. The molecule has 0 saturated carbocycles. The molecular formula is C14H15Cl2N5OS. The second-order valence-electron chi connectivity index (χ2n) is 6.15. The average Bonchev–Trinajstić information content (AvgIpc) is 3.05. The summed E-state index contributed by atoms with van der Waals surface area (Å²) in [6.45, 7) is 8.08. The van der Waals surface area contributed by atoms with E-state index in [2.05, 4.69) is 20.3 Å². The van der Waals surface area contributed by atoms with Crippen LogP contribution in [0.4, 0.5) is 0 Å². The molecule has 23 heavy (non-hydrogen) atoms. The number of hydrogen-bond donors (Lipinski definition) is 0. The molecular weight excluding hydrogens is 357 g/mol. The van der Waals surface area contributed by atoms with Crippen molar-refractivity contribution >= 4 is 40.6 Å². The van der Waals surface area contributed by atoms with Crippen molar-refractivity contribution in [2.75, 3.05) is 0 Å². The minimum absolute atomic E-state index is 0.0799. The number of hydrogen-bond acceptors (Lipinski definition) is 6. The van der Waals surface area contributed by atoms with Crippen LogP contribution in [0.2, 0.25) is 10.0 Å². The third-order valence-corrected chi connectivity index (χ3v) is 4.67. The van der Waals surface area contributed by atoms with Gasteiger partial charge in [-0.05, 0) is 13.0 Å². The second-order valence-corrected chi connectivity index (χ2v) is 8.30. The summed E-state index contributed by atoms with van der Waals surface area (Å²) in [7, 11) is 0. The average molecular weight is 372 g/mol. The summed E-state index contributed by atoms with van der Waals surface area (Å²) in [5.41, 5.74) is 0.404. The van der Waals surface area contributed by atoms with Crippen LogP contribution in [-0.4, -0.2) is 24.7 Å². The van der Waals surface area contributed by atoms with Crippen LogP contribution in [0.25, 0.3) is 5.65 Å². The van der Waals surface area contributed by atoms with Crippen LogP contribution in [0.1, 0.15) is 44.7 Å². The van der Waals surface area contributed by atoms with Crippen molar-refractivity contribution < 1.29 is 4.52 Å². The fourth-order valence-electron chi connectivity index (χ4n) is 1.90. The lowest BCUT2D eigenvalue weighted by Gasteiger charge is -2.11. The summed E-state index contributed by atoms with van der Waals surface area (Å²) in [4.78, 5) is 4.47. The number of halogens is 2. The van der Waals surface area contributed by atoms with Crippen LogP contribution in [0.15, 0.2) is 21.9 Å². The molecule has 0 radical (unpaired) electrons. The fourth-order valence-corrected chi connectivity index (χ4v) is 3.26. The molecule has 0 bridgehead atoms. The minimum atomic E-state index is -0.158.